The molecule has 0 unspecified atom stereocenters. The van der Waals surface area contributed by atoms with Crippen molar-refractivity contribution < 1.29 is 90.7 Å². The molecule has 0 aromatic heterocycles. The van der Waals surface area contributed by atoms with Gasteiger partial charge in [-0.15, -0.1) is 0 Å². The Balaban J connectivity index is 1.49. The number of carbonyl (C=O) groups excluding carboxylic acids is 2. The monoisotopic (exact) mass is 1000 g/mol. The summed E-state index contributed by atoms with van der Waals surface area (Å²) in [6.45, 7) is -0.542. The van der Waals surface area contributed by atoms with Crippen LogP contribution in [0.3, 0.4) is 0 Å². The highest BCUT2D eigenvalue weighted by molar-refractivity contribution is 7.91. The molecule has 4 aromatic carbocycles. The zero-order valence-corrected chi connectivity index (χ0v) is 37.7. The first-order valence-electron chi connectivity index (χ1n) is 20.8. The van der Waals surface area contributed by atoms with Gasteiger partial charge in [-0.2, -0.15) is 43.2 Å². The number of rotatable bonds is 8. The van der Waals surface area contributed by atoms with E-state index in [1.54, 1.807) is 72.8 Å². The maximum Gasteiger partial charge on any atom is 0.516 e. The number of benzene rings is 4. The molecule has 2 amide bonds. The van der Waals surface area contributed by atoms with Crippen LogP contribution in [-0.2, 0) is 74.3 Å². The maximum absolute atomic E-state index is 13.2. The van der Waals surface area contributed by atoms with E-state index in [0.29, 0.717) is 69.2 Å². The molecule has 0 radical (unpaired) electrons. The maximum atomic E-state index is 13.2. The highest BCUT2D eigenvalue weighted by atomic mass is 32.2. The molecule has 24 heteroatoms. The highest BCUT2D eigenvalue weighted by Gasteiger charge is 2.48. The number of halogens is 6. The number of hydrogen-bond acceptors (Lipinski definition) is 14. The van der Waals surface area contributed by atoms with Gasteiger partial charge in [0.1, 0.15) is 36.2 Å². The molecule has 370 valence electrons. The summed E-state index contributed by atoms with van der Waals surface area (Å²) in [5.74, 6) is -2.44. The molecule has 0 saturated carbocycles. The van der Waals surface area contributed by atoms with Crippen molar-refractivity contribution in [1.29, 1.82) is 0 Å². The van der Waals surface area contributed by atoms with Crippen molar-refractivity contribution in [3.05, 3.63) is 117 Å². The summed E-state index contributed by atoms with van der Waals surface area (Å²) in [5, 5.41) is 0. The van der Waals surface area contributed by atoms with Crippen LogP contribution in [-0.4, -0.2) is 119 Å². The van der Waals surface area contributed by atoms with Crippen molar-refractivity contribution in [3.8, 4) is 23.0 Å². The van der Waals surface area contributed by atoms with Crippen LogP contribution < -0.4 is 28.4 Å². The minimum Gasteiger partial charge on any atom is -0.491 e. The summed E-state index contributed by atoms with van der Waals surface area (Å²) in [6, 6.07) is 20.3. The van der Waals surface area contributed by atoms with E-state index >= 15 is 0 Å². The molecule has 16 nitrogen and oxygen atoms in total. The molecule has 68 heavy (non-hydrogen) atoms. The van der Waals surface area contributed by atoms with Crippen molar-refractivity contribution in [2.24, 2.45) is 0 Å². The fourth-order valence-electron chi connectivity index (χ4n) is 7.14. The number of nitrogens with one attached hydrogen (secondary N) is 2. The van der Waals surface area contributed by atoms with Gasteiger partial charge in [0, 0.05) is 25.7 Å². The van der Waals surface area contributed by atoms with Gasteiger partial charge in [-0.3, -0.25) is 9.59 Å². The van der Waals surface area contributed by atoms with E-state index in [4.69, 9.17) is 37.9 Å². The second-order valence-corrected chi connectivity index (χ2v) is 18.3. The van der Waals surface area contributed by atoms with Gasteiger partial charge in [-0.1, -0.05) is 72.8 Å². The Morgan fingerprint density at radius 1 is 0.441 bits per heavy atom. The van der Waals surface area contributed by atoms with Crippen molar-refractivity contribution in [3.63, 3.8) is 0 Å². The number of carbonyl (C=O) groups is 2. The Hall–Kier alpha value is -5.66. The standard InChI is InChI=1S/C44H46F6N2O14S2/c45-43(46,47)67(55,56)51-37(53)27-65-41-33-9-3-11-35(41)25-31-7-2-8-32-26-36-12-4-10-34(42(36)66-28-38(54)52-68(57,58)44(48,49)50)24-30-6-1-5-29(23-33)39(30)63-21-19-61-17-15-59-13-14-60-16-18-62-20-22-64-40(31)32/h1-12H,13-28H2,(H,51,53)(H,52,54). The topological polar surface area (TPSA) is 200 Å². The smallest absolute Gasteiger partial charge is 0.491 e. The Morgan fingerprint density at radius 3 is 0.956 bits per heavy atom. The van der Waals surface area contributed by atoms with E-state index in [1.807, 2.05) is 0 Å². The van der Waals surface area contributed by atoms with E-state index < -0.39 is 56.1 Å². The molecule has 2 N–H and O–H groups in total. The zero-order chi connectivity index (χ0) is 49.0. The number of ether oxygens (including phenoxy) is 8. The number of alkyl halides is 6. The predicted molar refractivity (Wildman–Crippen MR) is 228 cm³/mol. The van der Waals surface area contributed by atoms with Crippen LogP contribution in [0.1, 0.15) is 44.5 Å². The molecular formula is C44H46F6N2O14S2. The van der Waals surface area contributed by atoms with Crippen LogP contribution in [0.15, 0.2) is 72.8 Å². The molecule has 1 aliphatic carbocycles. The lowest BCUT2D eigenvalue weighted by atomic mass is 9.91. The van der Waals surface area contributed by atoms with Crippen molar-refractivity contribution in [2.45, 2.75) is 36.7 Å². The molecule has 6 rings (SSSR count). The quantitative estimate of drug-likeness (QED) is 0.199. The third-order valence-corrected chi connectivity index (χ3v) is 12.3. The van der Waals surface area contributed by atoms with Gasteiger partial charge in [0.15, 0.2) is 13.2 Å². The van der Waals surface area contributed by atoms with Crippen LogP contribution in [0.25, 0.3) is 0 Å². The van der Waals surface area contributed by atoms with Gasteiger partial charge in [-0.05, 0) is 44.5 Å². The molecule has 0 saturated heterocycles. The van der Waals surface area contributed by atoms with E-state index in [9.17, 15) is 52.8 Å². The minimum absolute atomic E-state index is 0.000952. The van der Waals surface area contributed by atoms with E-state index in [2.05, 4.69) is 0 Å². The van der Waals surface area contributed by atoms with Gasteiger partial charge in [0.05, 0.1) is 52.9 Å². The van der Waals surface area contributed by atoms with Crippen LogP contribution in [0.5, 0.6) is 23.0 Å². The second-order valence-electron chi connectivity index (χ2n) is 15.0. The minimum atomic E-state index is -6.06. The zero-order valence-electron chi connectivity index (χ0n) is 36.0. The molecule has 4 aromatic rings. The lowest BCUT2D eigenvalue weighted by molar-refractivity contribution is -0.122. The van der Waals surface area contributed by atoms with Crippen LogP contribution in [0.4, 0.5) is 26.3 Å². The lowest BCUT2D eigenvalue weighted by Gasteiger charge is -2.23. The third-order valence-electron chi connectivity index (χ3n) is 10.1. The van der Waals surface area contributed by atoms with Crippen LogP contribution >= 0.6 is 0 Å². The number of amides is 2. The molecule has 2 aliphatic rings. The Labute approximate surface area is 387 Å². The molecule has 1 aliphatic heterocycles. The predicted octanol–water partition coefficient (Wildman–Crippen LogP) is 4.89. The third kappa shape index (κ3) is 14.0. The fraction of sp³-hybridized carbons (Fsp3) is 0.409. The lowest BCUT2D eigenvalue weighted by Crippen LogP contribution is -2.42. The Morgan fingerprint density at radius 2 is 0.691 bits per heavy atom. The number of hydrogen-bond donors (Lipinski definition) is 2. The van der Waals surface area contributed by atoms with E-state index in [1.165, 1.54) is 0 Å². The summed E-state index contributed by atoms with van der Waals surface area (Å²) in [7, 11) is -12.1. The van der Waals surface area contributed by atoms with Gasteiger partial charge in [0.2, 0.25) is 0 Å². The summed E-state index contributed by atoms with van der Waals surface area (Å²) >= 11 is 0. The normalized spacial score (nSPS) is 16.0. The fourth-order valence-corrected chi connectivity index (χ4v) is 8.09. The summed E-state index contributed by atoms with van der Waals surface area (Å²) in [5.41, 5.74) is -7.83. The van der Waals surface area contributed by atoms with Crippen molar-refractivity contribution >= 4 is 31.9 Å². The van der Waals surface area contributed by atoms with E-state index in [-0.39, 0.29) is 90.0 Å². The molecule has 0 fully saturated rings. The molecule has 10 bridgehead atoms. The Kier molecular flexibility index (Phi) is 17.6. The summed E-state index contributed by atoms with van der Waals surface area (Å²) < 4.78 is 176. The summed E-state index contributed by atoms with van der Waals surface area (Å²) in [6.07, 6.45) is 0.0142. The number of para-hydroxylation sites is 4. The van der Waals surface area contributed by atoms with E-state index in [0.717, 1.165) is 9.44 Å². The Bertz CT molecular complexity index is 2370. The highest BCUT2D eigenvalue weighted by Crippen LogP contribution is 2.39. The SMILES string of the molecule is O=C(COc1c2cccc1Cc1cccc3c1OCCOCCOCCOCCOCCOc1c(cccc1Cc1cccc(c1OCC(=O)NS(=O)(=O)C(F)(F)F)C3)C2)NS(=O)(=O)C(F)(F)F. The van der Waals surface area contributed by atoms with Gasteiger partial charge >= 0.3 is 31.1 Å². The van der Waals surface area contributed by atoms with Crippen LogP contribution in [0, 0.1) is 0 Å². The van der Waals surface area contributed by atoms with Crippen LogP contribution in [0.2, 0.25) is 0 Å². The molecule has 1 heterocycles. The number of sulfonamides is 2. The van der Waals surface area contributed by atoms with Gasteiger partial charge in [-0.25, -0.2) is 9.44 Å². The average molecular weight is 1000 g/mol. The van der Waals surface area contributed by atoms with Crippen molar-refractivity contribution in [1.82, 2.24) is 9.44 Å². The van der Waals surface area contributed by atoms with Crippen molar-refractivity contribution in [2.75, 3.05) is 79.3 Å². The first-order valence-corrected chi connectivity index (χ1v) is 23.8. The molecule has 0 spiro atoms. The first-order chi connectivity index (χ1) is 32.3. The van der Waals surface area contributed by atoms with Gasteiger partial charge in [0.25, 0.3) is 11.8 Å². The molecular weight excluding hydrogens is 959 g/mol. The van der Waals surface area contributed by atoms with Gasteiger partial charge < -0.3 is 37.9 Å². The summed E-state index contributed by atoms with van der Waals surface area (Å²) in [4.78, 5) is 25.5. The number of fused-ring (bicyclic) bond motifs is 2. The molecule has 0 atom stereocenters. The largest absolute Gasteiger partial charge is 0.516 e. The second kappa shape index (κ2) is 23.1. The average Bonchev–Trinajstić information content (AvgIpc) is 3.25. The first kappa shape index (κ1) is 51.7.